The molecule has 8 heteroatoms. The zero-order valence-corrected chi connectivity index (χ0v) is 18.1. The summed E-state index contributed by atoms with van der Waals surface area (Å²) in [6.07, 6.45) is 1.61. The van der Waals surface area contributed by atoms with Gasteiger partial charge in [-0.15, -0.1) is 0 Å². The Balaban J connectivity index is 1.44. The molecule has 0 radical (unpaired) electrons. The van der Waals surface area contributed by atoms with Gasteiger partial charge in [-0.25, -0.2) is 4.79 Å². The molecule has 2 aromatic carbocycles. The molecule has 2 N–H and O–H groups in total. The molecule has 0 aliphatic carbocycles. The zero-order valence-electron chi connectivity index (χ0n) is 18.1. The molecule has 0 unspecified atom stereocenters. The Kier molecular flexibility index (Phi) is 8.62. The van der Waals surface area contributed by atoms with Gasteiger partial charge < -0.3 is 24.8 Å². The molecule has 0 bridgehead atoms. The molecule has 0 aromatic heterocycles. The van der Waals surface area contributed by atoms with Crippen molar-refractivity contribution in [2.24, 2.45) is 5.92 Å². The summed E-state index contributed by atoms with van der Waals surface area (Å²) in [4.78, 5) is 35.9. The first kappa shape index (κ1) is 23.3. The van der Waals surface area contributed by atoms with E-state index in [0.717, 1.165) is 31.6 Å². The highest BCUT2D eigenvalue weighted by molar-refractivity contribution is 6.04. The van der Waals surface area contributed by atoms with Crippen LogP contribution in [0.2, 0.25) is 0 Å². The Morgan fingerprint density at radius 1 is 1.00 bits per heavy atom. The van der Waals surface area contributed by atoms with Crippen LogP contribution in [0.25, 0.3) is 0 Å². The maximum atomic E-state index is 12.4. The molecule has 32 heavy (non-hydrogen) atoms. The minimum Gasteiger partial charge on any atom is -0.434 e. The Hall–Kier alpha value is -3.39. The first-order chi connectivity index (χ1) is 15.5. The van der Waals surface area contributed by atoms with Crippen molar-refractivity contribution in [3.8, 4) is 5.75 Å². The predicted octanol–water partition coefficient (Wildman–Crippen LogP) is 3.91. The number of anilines is 1. The number of carbonyl (C=O) groups excluding carboxylic acids is 3. The fourth-order valence-corrected chi connectivity index (χ4v) is 3.31. The van der Waals surface area contributed by atoms with Crippen molar-refractivity contribution in [2.45, 2.75) is 32.7 Å². The van der Waals surface area contributed by atoms with Gasteiger partial charge in [0.25, 0.3) is 5.91 Å². The van der Waals surface area contributed by atoms with Crippen molar-refractivity contribution in [1.82, 2.24) is 5.32 Å². The van der Waals surface area contributed by atoms with E-state index in [1.807, 2.05) is 12.1 Å². The SMILES string of the molecule is CCOC(=O)Oc1ccc(C(=O)Nc2ccc(CNC(=O)CC3CCOCC3)cc2)cc1. The zero-order chi connectivity index (χ0) is 22.8. The second-order valence-corrected chi connectivity index (χ2v) is 7.50. The van der Waals surface area contributed by atoms with Crippen LogP contribution >= 0.6 is 0 Å². The Morgan fingerprint density at radius 3 is 2.34 bits per heavy atom. The van der Waals surface area contributed by atoms with Gasteiger partial charge in [-0.3, -0.25) is 9.59 Å². The third-order valence-corrected chi connectivity index (χ3v) is 5.10. The Morgan fingerprint density at radius 2 is 1.69 bits per heavy atom. The highest BCUT2D eigenvalue weighted by atomic mass is 16.7. The van der Waals surface area contributed by atoms with Crippen molar-refractivity contribution < 1.29 is 28.6 Å². The third-order valence-electron chi connectivity index (χ3n) is 5.10. The summed E-state index contributed by atoms with van der Waals surface area (Å²) < 4.78 is 15.0. The van der Waals surface area contributed by atoms with Crippen molar-refractivity contribution in [1.29, 1.82) is 0 Å². The van der Waals surface area contributed by atoms with Gasteiger partial charge in [-0.2, -0.15) is 0 Å². The van der Waals surface area contributed by atoms with E-state index in [9.17, 15) is 14.4 Å². The largest absolute Gasteiger partial charge is 0.513 e. The molecular weight excluding hydrogens is 412 g/mol. The van der Waals surface area contributed by atoms with Crippen molar-refractivity contribution in [2.75, 3.05) is 25.1 Å². The molecular formula is C24H28N2O6. The van der Waals surface area contributed by atoms with Crippen LogP contribution in [0.4, 0.5) is 10.5 Å². The molecule has 0 atom stereocenters. The monoisotopic (exact) mass is 440 g/mol. The van der Waals surface area contributed by atoms with Gasteiger partial charge in [-0.05, 0) is 67.6 Å². The van der Waals surface area contributed by atoms with Gasteiger partial charge >= 0.3 is 6.16 Å². The van der Waals surface area contributed by atoms with Crippen molar-refractivity contribution >= 4 is 23.7 Å². The minimum atomic E-state index is -0.787. The summed E-state index contributed by atoms with van der Waals surface area (Å²) in [6.45, 7) is 3.82. The molecule has 1 aliphatic rings. The molecule has 1 saturated heterocycles. The second kappa shape index (κ2) is 11.9. The van der Waals surface area contributed by atoms with Gasteiger partial charge in [0, 0.05) is 37.4 Å². The molecule has 0 spiro atoms. The first-order valence-corrected chi connectivity index (χ1v) is 10.7. The highest BCUT2D eigenvalue weighted by Crippen LogP contribution is 2.18. The van der Waals surface area contributed by atoms with Gasteiger partial charge in [0.1, 0.15) is 5.75 Å². The van der Waals surface area contributed by atoms with E-state index in [0.29, 0.717) is 35.9 Å². The molecule has 1 aliphatic heterocycles. The van der Waals surface area contributed by atoms with Gasteiger partial charge in [0.2, 0.25) is 5.91 Å². The molecule has 3 rings (SSSR count). The number of carbonyl (C=O) groups is 3. The van der Waals surface area contributed by atoms with Crippen LogP contribution < -0.4 is 15.4 Å². The lowest BCUT2D eigenvalue weighted by Gasteiger charge is -2.21. The summed E-state index contributed by atoms with van der Waals surface area (Å²) in [7, 11) is 0. The number of hydrogen-bond donors (Lipinski definition) is 2. The van der Waals surface area contributed by atoms with Crippen LogP contribution in [0.1, 0.15) is 42.1 Å². The Labute approximate surface area is 187 Å². The van der Waals surface area contributed by atoms with Gasteiger partial charge in [-0.1, -0.05) is 12.1 Å². The van der Waals surface area contributed by atoms with E-state index < -0.39 is 6.16 Å². The second-order valence-electron chi connectivity index (χ2n) is 7.50. The van der Waals surface area contributed by atoms with E-state index in [1.165, 1.54) is 12.1 Å². The molecule has 0 saturated carbocycles. The van der Waals surface area contributed by atoms with Crippen molar-refractivity contribution in [3.63, 3.8) is 0 Å². The lowest BCUT2D eigenvalue weighted by atomic mass is 9.96. The Bertz CT molecular complexity index is 905. The third kappa shape index (κ3) is 7.39. The van der Waals surface area contributed by atoms with E-state index in [1.54, 1.807) is 31.2 Å². The van der Waals surface area contributed by atoms with Crippen LogP contribution in [0, 0.1) is 5.92 Å². The van der Waals surface area contributed by atoms with Gasteiger partial charge in [0.05, 0.1) is 6.61 Å². The summed E-state index contributed by atoms with van der Waals surface area (Å²) in [5, 5.41) is 5.76. The maximum Gasteiger partial charge on any atom is 0.513 e. The van der Waals surface area contributed by atoms with Crippen molar-refractivity contribution in [3.05, 3.63) is 59.7 Å². The number of amides is 2. The van der Waals surface area contributed by atoms with Crippen LogP contribution in [0.15, 0.2) is 48.5 Å². The average molecular weight is 440 g/mol. The standard InChI is InChI=1S/C24H28N2O6/c1-2-31-24(29)32-21-9-5-19(6-10-21)23(28)26-20-7-3-18(4-8-20)16-25-22(27)15-17-11-13-30-14-12-17/h3-10,17H,2,11-16H2,1H3,(H,25,27)(H,26,28). The van der Waals surface area contributed by atoms with Crippen LogP contribution in [-0.2, 0) is 20.8 Å². The predicted molar refractivity (Wildman–Crippen MR) is 118 cm³/mol. The molecule has 1 fully saturated rings. The smallest absolute Gasteiger partial charge is 0.434 e. The molecule has 2 aromatic rings. The minimum absolute atomic E-state index is 0.0460. The summed E-state index contributed by atoms with van der Waals surface area (Å²) in [5.41, 5.74) is 2.01. The fourth-order valence-electron chi connectivity index (χ4n) is 3.31. The van der Waals surface area contributed by atoms with E-state index >= 15 is 0 Å². The van der Waals surface area contributed by atoms with E-state index in [-0.39, 0.29) is 18.4 Å². The summed E-state index contributed by atoms with van der Waals surface area (Å²) >= 11 is 0. The van der Waals surface area contributed by atoms with E-state index in [4.69, 9.17) is 14.2 Å². The lowest BCUT2D eigenvalue weighted by molar-refractivity contribution is -0.122. The molecule has 2 amide bonds. The number of ether oxygens (including phenoxy) is 3. The van der Waals surface area contributed by atoms with Crippen LogP contribution in [0.3, 0.4) is 0 Å². The average Bonchev–Trinajstić information content (AvgIpc) is 2.80. The number of hydrogen-bond acceptors (Lipinski definition) is 6. The molecule has 8 nitrogen and oxygen atoms in total. The summed E-state index contributed by atoms with van der Waals surface area (Å²) in [6, 6.07) is 13.5. The normalized spacial score (nSPS) is 13.8. The topological polar surface area (TPSA) is 103 Å². The van der Waals surface area contributed by atoms with Crippen LogP contribution in [0.5, 0.6) is 5.75 Å². The fraction of sp³-hybridized carbons (Fsp3) is 0.375. The maximum absolute atomic E-state index is 12.4. The molecule has 1 heterocycles. The number of benzene rings is 2. The first-order valence-electron chi connectivity index (χ1n) is 10.7. The number of nitrogens with one attached hydrogen (secondary N) is 2. The summed E-state index contributed by atoms with van der Waals surface area (Å²) in [5.74, 6) is 0.449. The van der Waals surface area contributed by atoms with Crippen LogP contribution in [-0.4, -0.2) is 37.8 Å². The molecule has 170 valence electrons. The lowest BCUT2D eigenvalue weighted by Crippen LogP contribution is -2.27. The number of rotatable bonds is 8. The highest BCUT2D eigenvalue weighted by Gasteiger charge is 2.17. The van der Waals surface area contributed by atoms with E-state index in [2.05, 4.69) is 10.6 Å². The van der Waals surface area contributed by atoms with Gasteiger partial charge in [0.15, 0.2) is 0 Å². The quantitative estimate of drug-likeness (QED) is 0.477.